The van der Waals surface area contributed by atoms with E-state index in [1.54, 1.807) is 7.11 Å². The first-order valence-electron chi connectivity index (χ1n) is 7.75. The largest absolute Gasteiger partial charge is 0.497 e. The number of hydrogen-bond acceptors (Lipinski definition) is 6. The fraction of sp³-hybridized carbons (Fsp3) is 0.222. The van der Waals surface area contributed by atoms with Crippen LogP contribution in [0.1, 0.15) is 16.7 Å². The smallest absolute Gasteiger partial charge is 0.289 e. The fourth-order valence-corrected chi connectivity index (χ4v) is 2.98. The molecule has 1 aromatic carbocycles. The van der Waals surface area contributed by atoms with Gasteiger partial charge in [-0.2, -0.15) is 10.5 Å². The van der Waals surface area contributed by atoms with Gasteiger partial charge in [-0.15, -0.1) is 0 Å². The van der Waals surface area contributed by atoms with Gasteiger partial charge in [0.05, 0.1) is 12.9 Å². The summed E-state index contributed by atoms with van der Waals surface area (Å²) in [6.07, 6.45) is 0.708. The molecule has 0 fully saturated rings. The number of benzene rings is 1. The van der Waals surface area contributed by atoms with Crippen LogP contribution >= 0.6 is 11.8 Å². The summed E-state index contributed by atoms with van der Waals surface area (Å²) < 4.78 is 5.10. The number of anilines is 1. The number of nitrogen functional groups attached to an aromatic ring is 1. The number of aromatic amines is 1. The maximum Gasteiger partial charge on any atom is 0.289 e. The Morgan fingerprint density at radius 2 is 1.96 bits per heavy atom. The molecular formula is C18H18N5O2S+. The zero-order chi connectivity index (χ0) is 18.9. The van der Waals surface area contributed by atoms with E-state index in [0.29, 0.717) is 18.0 Å². The fourth-order valence-electron chi connectivity index (χ4n) is 2.16. The highest BCUT2D eigenvalue weighted by atomic mass is 32.2. The molecule has 132 valence electrons. The topological polar surface area (TPSA) is 126 Å². The molecule has 1 aromatic heterocycles. The van der Waals surface area contributed by atoms with Crippen molar-refractivity contribution >= 4 is 23.5 Å². The second-order valence-corrected chi connectivity index (χ2v) is 6.29. The predicted octanol–water partition coefficient (Wildman–Crippen LogP) is 1.29. The Kier molecular flexibility index (Phi) is 6.84. The van der Waals surface area contributed by atoms with E-state index in [1.165, 1.54) is 17.8 Å². The van der Waals surface area contributed by atoms with Crippen LogP contribution in [0.15, 0.2) is 35.4 Å². The summed E-state index contributed by atoms with van der Waals surface area (Å²) in [7, 11) is 1.61. The maximum atomic E-state index is 12.0. The number of carbonyl (C=O) groups is 1. The predicted molar refractivity (Wildman–Crippen MR) is 97.3 cm³/mol. The van der Waals surface area contributed by atoms with Gasteiger partial charge in [0.15, 0.2) is 5.03 Å². The summed E-state index contributed by atoms with van der Waals surface area (Å²) in [6.45, 7) is 0.510. The molecule has 0 atom stereocenters. The van der Waals surface area contributed by atoms with Crippen molar-refractivity contribution in [2.45, 2.75) is 11.4 Å². The van der Waals surface area contributed by atoms with Gasteiger partial charge in [0.2, 0.25) is 5.91 Å². The number of carbonyl (C=O) groups excluding carboxylic acids is 1. The average Bonchev–Trinajstić information content (AvgIpc) is 2.67. The minimum Gasteiger partial charge on any atom is -0.497 e. The number of methoxy groups -OCH3 is 1. The number of hydrogen-bond donors (Lipinski definition) is 2. The van der Waals surface area contributed by atoms with Gasteiger partial charge < -0.3 is 10.1 Å². The SMILES string of the molecule is COc1ccc(CCNC(=O)CSc2[nH+]c(N)c(C#N)cc2C#N)cc1. The van der Waals surface area contributed by atoms with E-state index in [4.69, 9.17) is 21.0 Å². The van der Waals surface area contributed by atoms with Crippen molar-refractivity contribution in [3.8, 4) is 17.9 Å². The van der Waals surface area contributed by atoms with Crippen LogP contribution in [0.3, 0.4) is 0 Å². The van der Waals surface area contributed by atoms with Gasteiger partial charge in [-0.3, -0.25) is 10.5 Å². The third-order valence-electron chi connectivity index (χ3n) is 3.56. The van der Waals surface area contributed by atoms with Crippen molar-refractivity contribution in [3.05, 3.63) is 47.0 Å². The molecule has 0 radical (unpaired) electrons. The number of ether oxygens (including phenoxy) is 1. The zero-order valence-electron chi connectivity index (χ0n) is 14.2. The molecule has 1 amide bonds. The quantitative estimate of drug-likeness (QED) is 0.709. The number of nitrogens with zero attached hydrogens (tertiary/aromatic N) is 2. The van der Waals surface area contributed by atoms with Crippen LogP contribution in [0.25, 0.3) is 0 Å². The third-order valence-corrected chi connectivity index (χ3v) is 4.57. The molecular weight excluding hydrogens is 350 g/mol. The van der Waals surface area contributed by atoms with Gasteiger partial charge in [0.25, 0.3) is 5.82 Å². The molecule has 8 heteroatoms. The number of aromatic nitrogens is 1. The van der Waals surface area contributed by atoms with Crippen molar-refractivity contribution < 1.29 is 14.5 Å². The Balaban J connectivity index is 1.84. The van der Waals surface area contributed by atoms with Crippen LogP contribution in [0, 0.1) is 22.7 Å². The number of rotatable bonds is 7. The average molecular weight is 368 g/mol. The molecule has 26 heavy (non-hydrogen) atoms. The lowest BCUT2D eigenvalue weighted by Gasteiger charge is -2.06. The molecule has 0 saturated heterocycles. The molecule has 7 nitrogen and oxygen atoms in total. The molecule has 0 bridgehead atoms. The van der Waals surface area contributed by atoms with Crippen molar-refractivity contribution in [2.75, 3.05) is 25.1 Å². The second-order valence-electron chi connectivity index (χ2n) is 5.30. The number of amides is 1. The van der Waals surface area contributed by atoms with Crippen molar-refractivity contribution in [1.82, 2.24) is 5.32 Å². The number of pyridine rings is 1. The second kappa shape index (κ2) is 9.30. The van der Waals surface area contributed by atoms with Gasteiger partial charge >= 0.3 is 0 Å². The molecule has 2 rings (SSSR count). The van der Waals surface area contributed by atoms with Crippen LogP contribution in [0.4, 0.5) is 5.82 Å². The molecule has 0 aliphatic heterocycles. The molecule has 0 aliphatic carbocycles. The van der Waals surface area contributed by atoms with Gasteiger partial charge in [0, 0.05) is 6.54 Å². The van der Waals surface area contributed by atoms with Gasteiger partial charge in [0.1, 0.15) is 29.0 Å². The zero-order valence-corrected chi connectivity index (χ0v) is 15.0. The van der Waals surface area contributed by atoms with E-state index in [9.17, 15) is 4.79 Å². The number of H-pyrrole nitrogens is 1. The van der Waals surface area contributed by atoms with E-state index in [-0.39, 0.29) is 28.6 Å². The Morgan fingerprint density at radius 1 is 1.27 bits per heavy atom. The van der Waals surface area contributed by atoms with Gasteiger partial charge in [-0.1, -0.05) is 23.9 Å². The Morgan fingerprint density at radius 3 is 2.58 bits per heavy atom. The Hall–Kier alpha value is -3.23. The molecule has 0 spiro atoms. The van der Waals surface area contributed by atoms with Crippen molar-refractivity contribution in [3.63, 3.8) is 0 Å². The molecule has 4 N–H and O–H groups in total. The maximum absolute atomic E-state index is 12.0. The summed E-state index contributed by atoms with van der Waals surface area (Å²) in [5, 5.41) is 21.4. The van der Waals surface area contributed by atoms with Gasteiger partial charge in [-0.25, -0.2) is 4.98 Å². The molecule has 0 aliphatic rings. The number of nitrogens with one attached hydrogen (secondary N) is 2. The normalized spacial score (nSPS) is 9.81. The summed E-state index contributed by atoms with van der Waals surface area (Å²) >= 11 is 1.17. The van der Waals surface area contributed by atoms with Gasteiger partial charge in [-0.05, 0) is 30.2 Å². The molecule has 0 saturated carbocycles. The first kappa shape index (κ1) is 19.1. The summed E-state index contributed by atoms with van der Waals surface area (Å²) in [5.74, 6) is 0.956. The summed E-state index contributed by atoms with van der Waals surface area (Å²) in [6, 6.07) is 13.0. The number of nitrogens with two attached hydrogens (primary N) is 1. The Bertz CT molecular complexity index is 869. The molecule has 1 heterocycles. The van der Waals surface area contributed by atoms with E-state index >= 15 is 0 Å². The van der Waals surface area contributed by atoms with Crippen LogP contribution in [0.5, 0.6) is 5.75 Å². The van der Waals surface area contributed by atoms with Crippen molar-refractivity contribution in [1.29, 1.82) is 10.5 Å². The minimum absolute atomic E-state index is 0.138. The summed E-state index contributed by atoms with van der Waals surface area (Å²) in [4.78, 5) is 14.8. The lowest BCUT2D eigenvalue weighted by Crippen LogP contribution is -2.28. The third kappa shape index (κ3) is 5.13. The monoisotopic (exact) mass is 368 g/mol. The number of thioether (sulfide) groups is 1. The highest BCUT2D eigenvalue weighted by molar-refractivity contribution is 7.99. The van der Waals surface area contributed by atoms with E-state index < -0.39 is 0 Å². The first-order valence-corrected chi connectivity index (χ1v) is 8.74. The Labute approximate surface area is 155 Å². The lowest BCUT2D eigenvalue weighted by atomic mass is 10.1. The van der Waals surface area contributed by atoms with E-state index in [2.05, 4.69) is 10.3 Å². The van der Waals surface area contributed by atoms with Crippen LogP contribution in [-0.2, 0) is 11.2 Å². The molecule has 2 aromatic rings. The highest BCUT2D eigenvalue weighted by Crippen LogP contribution is 2.20. The standard InChI is InChI=1S/C18H17N5O2S/c1-25-15-4-2-12(3-5-15)6-7-22-16(24)11-26-18-14(10-20)8-13(9-19)17(21)23-18/h2-5,8H,6-7,11H2,1H3,(H2,21,23)(H,22,24)/p+1. The van der Waals surface area contributed by atoms with Crippen molar-refractivity contribution in [2.24, 2.45) is 0 Å². The first-order chi connectivity index (χ1) is 12.6. The minimum atomic E-state index is -0.149. The van der Waals surface area contributed by atoms with Crippen LogP contribution < -0.4 is 20.8 Å². The van der Waals surface area contributed by atoms with E-state index in [0.717, 1.165) is 11.3 Å². The summed E-state index contributed by atoms with van der Waals surface area (Å²) in [5.41, 5.74) is 7.30. The highest BCUT2D eigenvalue weighted by Gasteiger charge is 2.15. The van der Waals surface area contributed by atoms with Crippen LogP contribution in [0.2, 0.25) is 0 Å². The van der Waals surface area contributed by atoms with E-state index in [1.807, 2.05) is 36.4 Å². The van der Waals surface area contributed by atoms with Crippen LogP contribution in [-0.4, -0.2) is 25.3 Å². The lowest BCUT2D eigenvalue weighted by molar-refractivity contribution is -0.410. The molecule has 0 unspecified atom stereocenters. The number of nitriles is 2.